The molecule has 6 nitrogen and oxygen atoms in total. The molecule has 7 heteroatoms. The van der Waals surface area contributed by atoms with Crippen molar-refractivity contribution in [2.75, 3.05) is 13.2 Å². The molecule has 2 aromatic rings. The molecule has 0 bridgehead atoms. The van der Waals surface area contributed by atoms with Gasteiger partial charge in [0.25, 0.3) is 0 Å². The van der Waals surface area contributed by atoms with E-state index in [1.165, 1.54) is 4.31 Å². The van der Waals surface area contributed by atoms with Crippen molar-refractivity contribution >= 4 is 29.6 Å². The molecule has 25 heavy (non-hydrogen) atoms. The minimum atomic E-state index is -0.446. The van der Waals surface area contributed by atoms with E-state index in [0.29, 0.717) is 17.7 Å². The Labute approximate surface area is 150 Å². The lowest BCUT2D eigenvalue weighted by Crippen LogP contribution is -2.37. The standard InChI is InChI=1S/C18H18N2O4S/c21-14-25-20(13-15-7-3-1-4-8-15)18(23)19-11-12-24-17(22)16-9-5-2-6-10-16/h1-10,14H,11-13H2,(H,19,23). The monoisotopic (exact) mass is 358 g/mol. The van der Waals surface area contributed by atoms with Crippen molar-refractivity contribution in [2.24, 2.45) is 0 Å². The molecular weight excluding hydrogens is 340 g/mol. The molecule has 2 aromatic carbocycles. The van der Waals surface area contributed by atoms with Crippen LogP contribution in [-0.4, -0.2) is 35.1 Å². The Balaban J connectivity index is 1.77. The van der Waals surface area contributed by atoms with Gasteiger partial charge in [-0.2, -0.15) is 0 Å². The largest absolute Gasteiger partial charge is 0.460 e. The lowest BCUT2D eigenvalue weighted by atomic mass is 10.2. The van der Waals surface area contributed by atoms with Gasteiger partial charge in [0.2, 0.25) is 0 Å². The highest BCUT2D eigenvalue weighted by atomic mass is 32.2. The number of nitrogens with zero attached hydrogens (tertiary/aromatic N) is 1. The smallest absolute Gasteiger partial charge is 0.338 e. The zero-order valence-electron chi connectivity index (χ0n) is 13.5. The van der Waals surface area contributed by atoms with Gasteiger partial charge >= 0.3 is 12.0 Å². The number of esters is 1. The number of ether oxygens (including phenoxy) is 1. The second kappa shape index (κ2) is 10.1. The van der Waals surface area contributed by atoms with E-state index >= 15 is 0 Å². The van der Waals surface area contributed by atoms with Crippen LogP contribution in [0.1, 0.15) is 15.9 Å². The molecule has 0 aromatic heterocycles. The fraction of sp³-hybridized carbons (Fsp3) is 0.167. The van der Waals surface area contributed by atoms with Crippen molar-refractivity contribution in [1.29, 1.82) is 0 Å². The second-order valence-corrected chi connectivity index (χ2v) is 5.80. The van der Waals surface area contributed by atoms with E-state index in [0.717, 1.165) is 17.5 Å². The van der Waals surface area contributed by atoms with Crippen LogP contribution in [-0.2, 0) is 16.1 Å². The van der Waals surface area contributed by atoms with Crippen molar-refractivity contribution < 1.29 is 19.1 Å². The first-order chi connectivity index (χ1) is 12.2. The number of carbonyl (C=O) groups is 3. The second-order valence-electron chi connectivity index (χ2n) is 4.96. The van der Waals surface area contributed by atoms with Gasteiger partial charge in [-0.15, -0.1) is 0 Å². The molecule has 2 rings (SSSR count). The molecule has 0 aliphatic carbocycles. The molecule has 0 radical (unpaired) electrons. The van der Waals surface area contributed by atoms with E-state index in [1.807, 2.05) is 36.4 Å². The highest BCUT2D eigenvalue weighted by molar-refractivity contribution is 8.10. The van der Waals surface area contributed by atoms with Crippen LogP contribution >= 0.6 is 11.9 Å². The molecule has 1 N–H and O–H groups in total. The van der Waals surface area contributed by atoms with Gasteiger partial charge in [-0.05, 0) is 17.7 Å². The van der Waals surface area contributed by atoms with Crippen LogP contribution in [0.5, 0.6) is 0 Å². The predicted octanol–water partition coefficient (Wildman–Crippen LogP) is 2.89. The fourth-order valence-corrected chi connectivity index (χ4v) is 2.49. The van der Waals surface area contributed by atoms with Gasteiger partial charge in [0.1, 0.15) is 6.61 Å². The Morgan fingerprint density at radius 2 is 1.68 bits per heavy atom. The van der Waals surface area contributed by atoms with Gasteiger partial charge in [-0.25, -0.2) is 9.59 Å². The summed E-state index contributed by atoms with van der Waals surface area (Å²) in [6.07, 6.45) is 0. The Hall–Kier alpha value is -2.80. The number of benzene rings is 2. The summed E-state index contributed by atoms with van der Waals surface area (Å²) in [5.41, 5.74) is 1.95. The molecule has 0 heterocycles. The van der Waals surface area contributed by atoms with Crippen molar-refractivity contribution in [3.05, 3.63) is 71.8 Å². The van der Waals surface area contributed by atoms with Gasteiger partial charge in [-0.3, -0.25) is 9.10 Å². The van der Waals surface area contributed by atoms with Crippen molar-refractivity contribution in [3.8, 4) is 0 Å². The maximum atomic E-state index is 12.1. The Morgan fingerprint density at radius 3 is 2.32 bits per heavy atom. The molecule has 2 amide bonds. The third-order valence-corrected chi connectivity index (χ3v) is 3.82. The van der Waals surface area contributed by atoms with E-state index in [4.69, 9.17) is 4.74 Å². The average Bonchev–Trinajstić information content (AvgIpc) is 2.66. The summed E-state index contributed by atoms with van der Waals surface area (Å²) in [5, 5.41) is 2.62. The molecule has 0 fully saturated rings. The van der Waals surface area contributed by atoms with Crippen LogP contribution in [0.3, 0.4) is 0 Å². The predicted molar refractivity (Wildman–Crippen MR) is 96.4 cm³/mol. The van der Waals surface area contributed by atoms with Gasteiger partial charge in [0.15, 0.2) is 5.62 Å². The molecule has 0 aliphatic heterocycles. The van der Waals surface area contributed by atoms with E-state index in [1.54, 1.807) is 24.3 Å². The van der Waals surface area contributed by atoms with Crippen molar-refractivity contribution in [1.82, 2.24) is 9.62 Å². The van der Waals surface area contributed by atoms with Crippen LogP contribution in [0, 0.1) is 0 Å². The van der Waals surface area contributed by atoms with Gasteiger partial charge in [0.05, 0.1) is 18.7 Å². The SMILES string of the molecule is O=CSN(Cc1ccccc1)C(=O)NCCOC(=O)c1ccccc1. The maximum Gasteiger partial charge on any atom is 0.338 e. The number of urea groups is 1. The summed E-state index contributed by atoms with van der Waals surface area (Å²) in [4.78, 5) is 34.7. The number of carbonyl (C=O) groups excluding carboxylic acids is 3. The Kier molecular flexibility index (Phi) is 7.52. The topological polar surface area (TPSA) is 75.7 Å². The number of amides is 2. The number of hydrogen-bond acceptors (Lipinski definition) is 5. The summed E-state index contributed by atoms with van der Waals surface area (Å²) in [7, 11) is 0. The summed E-state index contributed by atoms with van der Waals surface area (Å²) < 4.78 is 6.39. The van der Waals surface area contributed by atoms with Crippen molar-refractivity contribution in [2.45, 2.75) is 6.54 Å². The summed E-state index contributed by atoms with van der Waals surface area (Å²) in [6.45, 7) is 0.492. The zero-order valence-corrected chi connectivity index (χ0v) is 14.3. The van der Waals surface area contributed by atoms with Gasteiger partial charge < -0.3 is 10.1 Å². The van der Waals surface area contributed by atoms with E-state index in [-0.39, 0.29) is 13.2 Å². The molecule has 0 saturated heterocycles. The van der Waals surface area contributed by atoms with Crippen LogP contribution in [0.25, 0.3) is 0 Å². The number of hydrogen-bond donors (Lipinski definition) is 1. The van der Waals surface area contributed by atoms with E-state index in [2.05, 4.69) is 5.32 Å². The zero-order chi connectivity index (χ0) is 17.9. The lowest BCUT2D eigenvalue weighted by molar-refractivity contribution is 0.0509. The third kappa shape index (κ3) is 6.31. The molecule has 0 unspecified atom stereocenters. The lowest BCUT2D eigenvalue weighted by Gasteiger charge is -2.19. The average molecular weight is 358 g/mol. The first-order valence-corrected chi connectivity index (χ1v) is 8.46. The number of rotatable bonds is 8. The first-order valence-electron chi connectivity index (χ1n) is 7.62. The minimum absolute atomic E-state index is 0.0460. The van der Waals surface area contributed by atoms with Crippen LogP contribution in [0.2, 0.25) is 0 Å². The fourth-order valence-electron chi connectivity index (χ4n) is 2.01. The molecule has 0 aliphatic rings. The molecule has 0 saturated carbocycles. The first kappa shape index (κ1) is 18.5. The summed E-state index contributed by atoms with van der Waals surface area (Å²) in [5.74, 6) is -0.446. The summed E-state index contributed by atoms with van der Waals surface area (Å²) in [6, 6.07) is 17.5. The highest BCUT2D eigenvalue weighted by Crippen LogP contribution is 2.12. The van der Waals surface area contributed by atoms with E-state index in [9.17, 15) is 14.4 Å². The van der Waals surface area contributed by atoms with Gasteiger partial charge in [-0.1, -0.05) is 48.5 Å². The number of nitrogens with one attached hydrogen (secondary N) is 1. The Morgan fingerprint density at radius 1 is 1.04 bits per heavy atom. The van der Waals surface area contributed by atoms with E-state index < -0.39 is 12.0 Å². The highest BCUT2D eigenvalue weighted by Gasteiger charge is 2.14. The molecule has 0 atom stereocenters. The Bertz CT molecular complexity index is 695. The normalized spacial score (nSPS) is 9.92. The van der Waals surface area contributed by atoms with Crippen molar-refractivity contribution in [3.63, 3.8) is 0 Å². The molecular formula is C18H18N2O4S. The molecule has 0 spiro atoms. The minimum Gasteiger partial charge on any atom is -0.460 e. The van der Waals surface area contributed by atoms with Crippen LogP contribution in [0.15, 0.2) is 60.7 Å². The van der Waals surface area contributed by atoms with Gasteiger partial charge in [0, 0.05) is 11.9 Å². The van der Waals surface area contributed by atoms with Crippen LogP contribution < -0.4 is 5.32 Å². The third-order valence-electron chi connectivity index (χ3n) is 3.19. The molecule has 130 valence electrons. The van der Waals surface area contributed by atoms with Crippen LogP contribution in [0.4, 0.5) is 4.79 Å². The summed E-state index contributed by atoms with van der Waals surface area (Å²) >= 11 is 0.774. The maximum absolute atomic E-state index is 12.1. The quantitative estimate of drug-likeness (QED) is 0.340.